The highest BCUT2D eigenvalue weighted by molar-refractivity contribution is 6.32. The highest BCUT2D eigenvalue weighted by Gasteiger charge is 2.31. The Bertz CT molecular complexity index is 622. The van der Waals surface area contributed by atoms with Crippen LogP contribution in [-0.4, -0.2) is 15.6 Å². The number of hydrogen-bond donors (Lipinski definition) is 1. The standard InChI is InChI=1S/C14H15ClF3N3/c1-2-10(19)7-11-4-3-5-21(11)13-12(15)6-9(8-20-13)14(16,17)18/h3-6,8,10H,2,7,19H2,1H3. The molecule has 0 saturated carbocycles. The lowest BCUT2D eigenvalue weighted by molar-refractivity contribution is -0.137. The molecule has 0 radical (unpaired) electrons. The smallest absolute Gasteiger partial charge is 0.327 e. The Morgan fingerprint density at radius 1 is 1.43 bits per heavy atom. The molecule has 1 atom stereocenters. The summed E-state index contributed by atoms with van der Waals surface area (Å²) in [6.45, 7) is 1.97. The number of hydrogen-bond acceptors (Lipinski definition) is 2. The first-order valence-electron chi connectivity index (χ1n) is 6.48. The normalized spacial score (nSPS) is 13.4. The van der Waals surface area contributed by atoms with Gasteiger partial charge in [-0.05, 0) is 24.6 Å². The van der Waals surface area contributed by atoms with E-state index in [4.69, 9.17) is 17.3 Å². The zero-order valence-electron chi connectivity index (χ0n) is 11.4. The zero-order chi connectivity index (χ0) is 15.6. The number of aromatic nitrogens is 2. The van der Waals surface area contributed by atoms with E-state index >= 15 is 0 Å². The van der Waals surface area contributed by atoms with Crippen LogP contribution < -0.4 is 5.73 Å². The molecule has 2 aromatic heterocycles. The molecule has 7 heteroatoms. The van der Waals surface area contributed by atoms with Crippen LogP contribution in [0.4, 0.5) is 13.2 Å². The second-order valence-electron chi connectivity index (χ2n) is 4.77. The largest absolute Gasteiger partial charge is 0.417 e. The van der Waals surface area contributed by atoms with E-state index in [0.717, 1.165) is 24.4 Å². The molecule has 0 aromatic carbocycles. The van der Waals surface area contributed by atoms with Crippen molar-refractivity contribution in [2.45, 2.75) is 32.0 Å². The number of nitrogens with zero attached hydrogens (tertiary/aromatic N) is 2. The molecule has 0 aliphatic heterocycles. The molecule has 1 unspecified atom stereocenters. The van der Waals surface area contributed by atoms with Gasteiger partial charge in [0.05, 0.1) is 10.6 Å². The topological polar surface area (TPSA) is 43.8 Å². The maximum atomic E-state index is 12.6. The van der Waals surface area contributed by atoms with Crippen LogP contribution in [0.5, 0.6) is 0 Å². The Morgan fingerprint density at radius 3 is 2.71 bits per heavy atom. The van der Waals surface area contributed by atoms with Gasteiger partial charge in [-0.25, -0.2) is 4.98 Å². The van der Waals surface area contributed by atoms with Gasteiger partial charge in [-0.2, -0.15) is 13.2 Å². The van der Waals surface area contributed by atoms with Gasteiger partial charge >= 0.3 is 6.18 Å². The third kappa shape index (κ3) is 3.57. The summed E-state index contributed by atoms with van der Waals surface area (Å²) in [6, 6.07) is 4.50. The molecule has 2 N–H and O–H groups in total. The van der Waals surface area contributed by atoms with Crippen molar-refractivity contribution in [1.29, 1.82) is 0 Å². The number of nitrogens with two attached hydrogens (primary N) is 1. The van der Waals surface area contributed by atoms with Gasteiger partial charge in [0, 0.05) is 30.6 Å². The van der Waals surface area contributed by atoms with Crippen LogP contribution in [0.15, 0.2) is 30.6 Å². The molecule has 3 nitrogen and oxygen atoms in total. The van der Waals surface area contributed by atoms with E-state index in [2.05, 4.69) is 4.98 Å². The average Bonchev–Trinajstić information content (AvgIpc) is 2.85. The molecule has 0 fully saturated rings. The van der Waals surface area contributed by atoms with Crippen LogP contribution in [0.3, 0.4) is 0 Å². The molecule has 0 aliphatic rings. The molecule has 0 bridgehead atoms. The molecule has 2 heterocycles. The van der Waals surface area contributed by atoms with E-state index in [1.807, 2.05) is 13.0 Å². The predicted octanol–water partition coefficient (Wildman–Crippen LogP) is 3.82. The Kier molecular flexibility index (Phi) is 4.58. The fourth-order valence-electron chi connectivity index (χ4n) is 1.97. The van der Waals surface area contributed by atoms with Crippen LogP contribution >= 0.6 is 11.6 Å². The van der Waals surface area contributed by atoms with Crippen molar-refractivity contribution >= 4 is 11.6 Å². The minimum absolute atomic E-state index is 0.0214. The first-order chi connectivity index (χ1) is 9.82. The van der Waals surface area contributed by atoms with Crippen LogP contribution in [-0.2, 0) is 12.6 Å². The van der Waals surface area contributed by atoms with Gasteiger partial charge in [0.25, 0.3) is 0 Å². The van der Waals surface area contributed by atoms with Crippen molar-refractivity contribution in [1.82, 2.24) is 9.55 Å². The third-order valence-electron chi connectivity index (χ3n) is 3.21. The van der Waals surface area contributed by atoms with Gasteiger partial charge in [-0.15, -0.1) is 0 Å². The Hall–Kier alpha value is -1.53. The Morgan fingerprint density at radius 2 is 2.14 bits per heavy atom. The molecule has 114 valence electrons. The second kappa shape index (κ2) is 6.07. The van der Waals surface area contributed by atoms with Crippen molar-refractivity contribution in [2.75, 3.05) is 0 Å². The minimum atomic E-state index is -4.46. The van der Waals surface area contributed by atoms with E-state index < -0.39 is 11.7 Å². The summed E-state index contributed by atoms with van der Waals surface area (Å²) >= 11 is 5.95. The highest BCUT2D eigenvalue weighted by atomic mass is 35.5. The minimum Gasteiger partial charge on any atom is -0.327 e. The molecular formula is C14H15ClF3N3. The Labute approximate surface area is 125 Å². The van der Waals surface area contributed by atoms with Gasteiger partial charge in [-0.1, -0.05) is 18.5 Å². The van der Waals surface area contributed by atoms with Crippen LogP contribution in [0.25, 0.3) is 5.82 Å². The summed E-state index contributed by atoms with van der Waals surface area (Å²) < 4.78 is 39.5. The summed E-state index contributed by atoms with van der Waals surface area (Å²) in [5, 5.41) is -0.0488. The number of alkyl halides is 3. The molecule has 0 saturated heterocycles. The van der Waals surface area contributed by atoms with Crippen molar-refractivity contribution in [3.63, 3.8) is 0 Å². The second-order valence-corrected chi connectivity index (χ2v) is 5.18. The lowest BCUT2D eigenvalue weighted by atomic mass is 10.1. The van der Waals surface area contributed by atoms with Gasteiger partial charge in [0.15, 0.2) is 5.82 Å². The maximum Gasteiger partial charge on any atom is 0.417 e. The summed E-state index contributed by atoms with van der Waals surface area (Å²) in [7, 11) is 0. The molecular weight excluding hydrogens is 303 g/mol. The fourth-order valence-corrected chi connectivity index (χ4v) is 2.22. The summed E-state index contributed by atoms with van der Waals surface area (Å²) in [5.74, 6) is 0.271. The maximum absolute atomic E-state index is 12.6. The van der Waals surface area contributed by atoms with Crippen molar-refractivity contribution in [3.8, 4) is 5.82 Å². The fraction of sp³-hybridized carbons (Fsp3) is 0.357. The van der Waals surface area contributed by atoms with Crippen molar-refractivity contribution in [3.05, 3.63) is 46.9 Å². The van der Waals surface area contributed by atoms with E-state index in [1.54, 1.807) is 16.8 Å². The average molecular weight is 318 g/mol. The van der Waals surface area contributed by atoms with Gasteiger partial charge in [0.2, 0.25) is 0 Å². The predicted molar refractivity (Wildman–Crippen MR) is 75.5 cm³/mol. The summed E-state index contributed by atoms with van der Waals surface area (Å²) in [6.07, 6.45) is -0.564. The highest BCUT2D eigenvalue weighted by Crippen LogP contribution is 2.32. The monoisotopic (exact) mass is 317 g/mol. The molecule has 2 aromatic rings. The van der Waals surface area contributed by atoms with E-state index in [9.17, 15) is 13.2 Å². The lowest BCUT2D eigenvalue weighted by Gasteiger charge is -2.14. The molecule has 21 heavy (non-hydrogen) atoms. The molecule has 2 rings (SSSR count). The lowest BCUT2D eigenvalue weighted by Crippen LogP contribution is -2.23. The van der Waals surface area contributed by atoms with Crippen LogP contribution in [0.2, 0.25) is 5.02 Å². The van der Waals surface area contributed by atoms with Crippen LogP contribution in [0, 0.1) is 0 Å². The number of pyridine rings is 1. The molecule has 0 amide bonds. The first-order valence-corrected chi connectivity index (χ1v) is 6.85. The molecule has 0 spiro atoms. The summed E-state index contributed by atoms with van der Waals surface area (Å²) in [5.41, 5.74) is 5.91. The third-order valence-corrected chi connectivity index (χ3v) is 3.48. The van der Waals surface area contributed by atoms with Gasteiger partial charge < -0.3 is 10.3 Å². The summed E-state index contributed by atoms with van der Waals surface area (Å²) in [4.78, 5) is 3.85. The van der Waals surface area contributed by atoms with E-state index in [1.165, 1.54) is 0 Å². The number of halogens is 4. The van der Waals surface area contributed by atoms with E-state index in [0.29, 0.717) is 6.42 Å². The Balaban J connectivity index is 2.37. The SMILES string of the molecule is CCC(N)Cc1cccn1-c1ncc(C(F)(F)F)cc1Cl. The van der Waals surface area contributed by atoms with E-state index in [-0.39, 0.29) is 16.9 Å². The van der Waals surface area contributed by atoms with Gasteiger partial charge in [-0.3, -0.25) is 0 Å². The first kappa shape index (κ1) is 15.9. The van der Waals surface area contributed by atoms with Gasteiger partial charge in [0.1, 0.15) is 0 Å². The van der Waals surface area contributed by atoms with Crippen LogP contribution in [0.1, 0.15) is 24.6 Å². The number of rotatable bonds is 4. The quantitative estimate of drug-likeness (QED) is 0.931. The molecule has 0 aliphatic carbocycles. The van der Waals surface area contributed by atoms with Crippen molar-refractivity contribution in [2.24, 2.45) is 5.73 Å². The van der Waals surface area contributed by atoms with Crippen molar-refractivity contribution < 1.29 is 13.2 Å². The zero-order valence-corrected chi connectivity index (χ0v) is 12.1.